The molecule has 0 bridgehead atoms. The zero-order valence-corrected chi connectivity index (χ0v) is 8.19. The highest BCUT2D eigenvalue weighted by molar-refractivity contribution is 5.63. The summed E-state index contributed by atoms with van der Waals surface area (Å²) in [5, 5.41) is 0. The average molecular weight is 191 g/mol. The average Bonchev–Trinajstić information content (AvgIpc) is 2.96. The number of pyridine rings is 1. The standard InChI is InChI=1S/C11H13NO2/c1-9-2-5-12-10(6-9)14-8-11(7-13)3-4-11/h2,5-7H,3-4,8H2,1H3. The number of aryl methyl sites for hydroxylation is 1. The van der Waals surface area contributed by atoms with Crippen LogP contribution in [0, 0.1) is 12.3 Å². The molecule has 0 saturated heterocycles. The fourth-order valence-corrected chi connectivity index (χ4v) is 1.26. The molecule has 1 aromatic heterocycles. The van der Waals surface area contributed by atoms with E-state index in [-0.39, 0.29) is 5.41 Å². The van der Waals surface area contributed by atoms with Crippen molar-refractivity contribution in [2.45, 2.75) is 19.8 Å². The number of aldehydes is 1. The molecule has 74 valence electrons. The molecule has 1 aliphatic rings. The van der Waals surface area contributed by atoms with Crippen LogP contribution in [0.4, 0.5) is 0 Å². The molecule has 1 aromatic rings. The molecule has 3 nitrogen and oxygen atoms in total. The Bertz CT molecular complexity index is 345. The van der Waals surface area contributed by atoms with Crippen LogP contribution >= 0.6 is 0 Å². The fourth-order valence-electron chi connectivity index (χ4n) is 1.26. The molecule has 1 saturated carbocycles. The zero-order valence-electron chi connectivity index (χ0n) is 8.19. The molecule has 0 spiro atoms. The van der Waals surface area contributed by atoms with Gasteiger partial charge >= 0.3 is 0 Å². The summed E-state index contributed by atoms with van der Waals surface area (Å²) in [6, 6.07) is 3.79. The molecule has 0 unspecified atom stereocenters. The van der Waals surface area contributed by atoms with Crippen molar-refractivity contribution in [1.82, 2.24) is 4.98 Å². The maximum absolute atomic E-state index is 10.7. The van der Waals surface area contributed by atoms with Crippen molar-refractivity contribution in [3.05, 3.63) is 23.9 Å². The second-order valence-corrected chi connectivity index (χ2v) is 3.94. The van der Waals surface area contributed by atoms with Crippen LogP contribution in [-0.4, -0.2) is 17.9 Å². The highest BCUT2D eigenvalue weighted by atomic mass is 16.5. The number of rotatable bonds is 4. The summed E-state index contributed by atoms with van der Waals surface area (Å²) in [5.74, 6) is 0.609. The van der Waals surface area contributed by atoms with E-state index in [4.69, 9.17) is 4.74 Å². The van der Waals surface area contributed by atoms with E-state index in [1.54, 1.807) is 6.20 Å². The third-order valence-electron chi connectivity index (χ3n) is 2.54. The van der Waals surface area contributed by atoms with Gasteiger partial charge in [0.25, 0.3) is 0 Å². The Morgan fingerprint density at radius 3 is 3.00 bits per heavy atom. The van der Waals surface area contributed by atoms with Crippen molar-refractivity contribution in [3.63, 3.8) is 0 Å². The predicted molar refractivity (Wildman–Crippen MR) is 52.2 cm³/mol. The first kappa shape index (κ1) is 9.19. The lowest BCUT2D eigenvalue weighted by Crippen LogP contribution is -2.14. The van der Waals surface area contributed by atoms with Gasteiger partial charge in [0.1, 0.15) is 12.9 Å². The molecule has 0 N–H and O–H groups in total. The Hall–Kier alpha value is -1.38. The zero-order chi connectivity index (χ0) is 10.0. The molecular formula is C11H13NO2. The summed E-state index contributed by atoms with van der Waals surface area (Å²) < 4.78 is 5.46. The van der Waals surface area contributed by atoms with Crippen molar-refractivity contribution in [1.29, 1.82) is 0 Å². The van der Waals surface area contributed by atoms with Crippen LogP contribution in [-0.2, 0) is 4.79 Å². The Morgan fingerprint density at radius 2 is 2.43 bits per heavy atom. The van der Waals surface area contributed by atoms with Crippen molar-refractivity contribution >= 4 is 6.29 Å². The van der Waals surface area contributed by atoms with E-state index in [9.17, 15) is 4.79 Å². The minimum Gasteiger partial charge on any atom is -0.477 e. The monoisotopic (exact) mass is 191 g/mol. The van der Waals surface area contributed by atoms with Gasteiger partial charge in [-0.05, 0) is 31.4 Å². The number of carbonyl (C=O) groups excluding carboxylic acids is 1. The first-order valence-electron chi connectivity index (χ1n) is 4.76. The molecule has 1 fully saturated rings. The van der Waals surface area contributed by atoms with E-state index < -0.39 is 0 Å². The number of ether oxygens (including phenoxy) is 1. The largest absolute Gasteiger partial charge is 0.477 e. The summed E-state index contributed by atoms with van der Waals surface area (Å²) in [4.78, 5) is 14.7. The SMILES string of the molecule is Cc1ccnc(OCC2(C=O)CC2)c1. The van der Waals surface area contributed by atoms with Crippen molar-refractivity contribution < 1.29 is 9.53 Å². The normalized spacial score (nSPS) is 17.5. The maximum Gasteiger partial charge on any atom is 0.213 e. The van der Waals surface area contributed by atoms with E-state index in [0.717, 1.165) is 24.7 Å². The third-order valence-corrected chi connectivity index (χ3v) is 2.54. The third kappa shape index (κ3) is 1.92. The maximum atomic E-state index is 10.7. The summed E-state index contributed by atoms with van der Waals surface area (Å²) in [6.07, 6.45) is 4.61. The Balaban J connectivity index is 1.95. The minimum atomic E-state index is -0.203. The van der Waals surface area contributed by atoms with Crippen LogP contribution < -0.4 is 4.74 Å². The summed E-state index contributed by atoms with van der Waals surface area (Å²) in [5.41, 5.74) is 0.914. The van der Waals surface area contributed by atoms with E-state index in [2.05, 4.69) is 4.98 Å². The van der Waals surface area contributed by atoms with Gasteiger partial charge < -0.3 is 9.53 Å². The molecule has 0 aliphatic heterocycles. The number of aromatic nitrogens is 1. The van der Waals surface area contributed by atoms with Crippen LogP contribution in [0.1, 0.15) is 18.4 Å². The van der Waals surface area contributed by atoms with Gasteiger partial charge in [0.2, 0.25) is 5.88 Å². The number of carbonyl (C=O) groups is 1. The lowest BCUT2D eigenvalue weighted by atomic mass is 10.1. The van der Waals surface area contributed by atoms with Gasteiger partial charge in [0.05, 0.1) is 5.41 Å². The first-order chi connectivity index (χ1) is 6.74. The highest BCUT2D eigenvalue weighted by Crippen LogP contribution is 2.43. The van der Waals surface area contributed by atoms with Crippen molar-refractivity contribution in [2.75, 3.05) is 6.61 Å². The molecule has 0 amide bonds. The quantitative estimate of drug-likeness (QED) is 0.680. The molecule has 14 heavy (non-hydrogen) atoms. The molecule has 3 heteroatoms. The number of hydrogen-bond donors (Lipinski definition) is 0. The van der Waals surface area contributed by atoms with Crippen molar-refractivity contribution in [2.24, 2.45) is 5.41 Å². The van der Waals surface area contributed by atoms with Crippen molar-refractivity contribution in [3.8, 4) is 5.88 Å². The first-order valence-corrected chi connectivity index (χ1v) is 4.76. The fraction of sp³-hybridized carbons (Fsp3) is 0.455. The van der Waals surface area contributed by atoms with Crippen LogP contribution in [0.3, 0.4) is 0 Å². The smallest absolute Gasteiger partial charge is 0.213 e. The Labute approximate surface area is 83.1 Å². The van der Waals surface area contributed by atoms with Crippen LogP contribution in [0.25, 0.3) is 0 Å². The van der Waals surface area contributed by atoms with Gasteiger partial charge in [0.15, 0.2) is 0 Å². The van der Waals surface area contributed by atoms with Gasteiger partial charge in [-0.1, -0.05) is 0 Å². The second kappa shape index (κ2) is 3.40. The van der Waals surface area contributed by atoms with Gasteiger partial charge in [0, 0.05) is 12.3 Å². The van der Waals surface area contributed by atoms with Gasteiger partial charge in [-0.15, -0.1) is 0 Å². The topological polar surface area (TPSA) is 39.2 Å². The molecule has 0 atom stereocenters. The van der Waals surface area contributed by atoms with Crippen LogP contribution in [0.15, 0.2) is 18.3 Å². The van der Waals surface area contributed by atoms with Gasteiger partial charge in [-0.3, -0.25) is 0 Å². The van der Waals surface area contributed by atoms with E-state index in [1.807, 2.05) is 19.1 Å². The van der Waals surface area contributed by atoms with E-state index in [0.29, 0.717) is 12.5 Å². The molecule has 1 aliphatic carbocycles. The molecule has 2 rings (SSSR count). The minimum absolute atomic E-state index is 0.203. The highest BCUT2D eigenvalue weighted by Gasteiger charge is 2.43. The summed E-state index contributed by atoms with van der Waals surface area (Å²) in [6.45, 7) is 2.45. The molecule has 0 aromatic carbocycles. The molecule has 0 radical (unpaired) electrons. The molecule has 1 heterocycles. The Morgan fingerprint density at radius 1 is 1.64 bits per heavy atom. The van der Waals surface area contributed by atoms with Gasteiger partial charge in [-0.2, -0.15) is 0 Å². The Kier molecular flexibility index (Phi) is 2.23. The summed E-state index contributed by atoms with van der Waals surface area (Å²) in [7, 11) is 0. The lowest BCUT2D eigenvalue weighted by molar-refractivity contribution is -0.113. The van der Waals surface area contributed by atoms with E-state index >= 15 is 0 Å². The number of hydrogen-bond acceptors (Lipinski definition) is 3. The van der Waals surface area contributed by atoms with Crippen LogP contribution in [0.2, 0.25) is 0 Å². The predicted octanol–water partition coefficient (Wildman–Crippen LogP) is 1.75. The molecular weight excluding hydrogens is 178 g/mol. The van der Waals surface area contributed by atoms with Gasteiger partial charge in [-0.25, -0.2) is 4.98 Å². The van der Waals surface area contributed by atoms with Crippen LogP contribution in [0.5, 0.6) is 5.88 Å². The lowest BCUT2D eigenvalue weighted by Gasteiger charge is -2.08. The summed E-state index contributed by atoms with van der Waals surface area (Å²) >= 11 is 0. The second-order valence-electron chi connectivity index (χ2n) is 3.94. The number of nitrogens with zero attached hydrogens (tertiary/aromatic N) is 1. The van der Waals surface area contributed by atoms with E-state index in [1.165, 1.54) is 0 Å².